The topological polar surface area (TPSA) is 26.3 Å². The minimum absolute atomic E-state index is 0.0703. The predicted octanol–water partition coefficient (Wildman–Crippen LogP) is 1.88. The van der Waals surface area contributed by atoms with Crippen molar-refractivity contribution < 1.29 is 9.53 Å². The van der Waals surface area contributed by atoms with Gasteiger partial charge in [-0.15, -0.1) is 0 Å². The first-order valence-corrected chi connectivity index (χ1v) is 4.57. The van der Waals surface area contributed by atoms with E-state index >= 15 is 0 Å². The highest BCUT2D eigenvalue weighted by molar-refractivity contribution is 5.73. The number of carbonyl (C=O) groups excluding carboxylic acids is 1. The average molecular weight is 154 g/mol. The monoisotopic (exact) mass is 154 g/mol. The Hall–Kier alpha value is -0.530. The lowest BCUT2D eigenvalue weighted by atomic mass is 9.87. The van der Waals surface area contributed by atoms with Crippen LogP contribution < -0.4 is 0 Å². The molecular weight excluding hydrogens is 140 g/mol. The number of fused-ring (bicyclic) bond motifs is 5. The molecule has 2 nitrogen and oxygen atoms in total. The number of esters is 1. The maximum atomic E-state index is 11.2. The molecule has 2 bridgehead atoms. The fraction of sp³-hybridized carbons (Fsp3) is 0.889. The third-order valence-corrected chi connectivity index (χ3v) is 2.78. The maximum absolute atomic E-state index is 11.2. The van der Waals surface area contributed by atoms with E-state index in [2.05, 4.69) is 0 Å². The SMILES string of the molecule is O=C1O[C@H]2CCCC[C@@H]1CC2. The van der Waals surface area contributed by atoms with Crippen LogP contribution in [-0.2, 0) is 9.53 Å². The van der Waals surface area contributed by atoms with E-state index < -0.39 is 0 Å². The summed E-state index contributed by atoms with van der Waals surface area (Å²) in [5.41, 5.74) is 0. The highest BCUT2D eigenvalue weighted by Crippen LogP contribution is 2.30. The van der Waals surface area contributed by atoms with Crippen LogP contribution in [0.1, 0.15) is 38.5 Å². The molecule has 3 aliphatic rings. The van der Waals surface area contributed by atoms with Crippen molar-refractivity contribution in [2.24, 2.45) is 5.92 Å². The molecule has 2 heteroatoms. The van der Waals surface area contributed by atoms with Crippen LogP contribution in [0.3, 0.4) is 0 Å². The van der Waals surface area contributed by atoms with Crippen LogP contribution in [0.15, 0.2) is 0 Å². The van der Waals surface area contributed by atoms with E-state index in [1.54, 1.807) is 0 Å². The maximum Gasteiger partial charge on any atom is 0.309 e. The summed E-state index contributed by atoms with van der Waals surface area (Å²) in [6.45, 7) is 0. The first-order valence-electron chi connectivity index (χ1n) is 4.57. The highest BCUT2D eigenvalue weighted by Gasteiger charge is 2.31. The Morgan fingerprint density at radius 3 is 2.73 bits per heavy atom. The van der Waals surface area contributed by atoms with Crippen molar-refractivity contribution in [3.05, 3.63) is 0 Å². The summed E-state index contributed by atoms with van der Waals surface area (Å²) in [6, 6.07) is 0. The molecule has 0 radical (unpaired) electrons. The molecule has 1 saturated carbocycles. The second kappa shape index (κ2) is 2.84. The molecule has 1 aliphatic carbocycles. The summed E-state index contributed by atoms with van der Waals surface area (Å²) in [7, 11) is 0. The average Bonchev–Trinajstić information content (AvgIpc) is 1.92. The zero-order chi connectivity index (χ0) is 7.68. The van der Waals surface area contributed by atoms with Crippen molar-refractivity contribution in [2.75, 3.05) is 0 Å². The number of hydrogen-bond donors (Lipinski definition) is 0. The van der Waals surface area contributed by atoms with Crippen LogP contribution in [0.2, 0.25) is 0 Å². The largest absolute Gasteiger partial charge is 0.462 e. The van der Waals surface area contributed by atoms with Crippen molar-refractivity contribution in [3.8, 4) is 0 Å². The van der Waals surface area contributed by atoms with E-state index in [1.807, 2.05) is 0 Å². The fourth-order valence-corrected chi connectivity index (χ4v) is 2.05. The second-order valence-electron chi connectivity index (χ2n) is 3.62. The highest BCUT2D eigenvalue weighted by atomic mass is 16.5. The Morgan fingerprint density at radius 1 is 1.09 bits per heavy atom. The first-order chi connectivity index (χ1) is 5.36. The van der Waals surface area contributed by atoms with Crippen molar-refractivity contribution >= 4 is 5.97 Å². The van der Waals surface area contributed by atoms with E-state index in [1.165, 1.54) is 12.8 Å². The van der Waals surface area contributed by atoms with Crippen molar-refractivity contribution in [1.82, 2.24) is 0 Å². The van der Waals surface area contributed by atoms with Crippen molar-refractivity contribution in [2.45, 2.75) is 44.6 Å². The van der Waals surface area contributed by atoms with Crippen LogP contribution in [-0.4, -0.2) is 12.1 Å². The molecule has 11 heavy (non-hydrogen) atoms. The molecular formula is C9H14O2. The molecule has 0 amide bonds. The third kappa shape index (κ3) is 1.39. The van der Waals surface area contributed by atoms with Gasteiger partial charge < -0.3 is 4.74 Å². The molecule has 3 fully saturated rings. The van der Waals surface area contributed by atoms with Gasteiger partial charge >= 0.3 is 5.97 Å². The van der Waals surface area contributed by atoms with Crippen molar-refractivity contribution in [3.63, 3.8) is 0 Å². The molecule has 3 rings (SSSR count). The third-order valence-electron chi connectivity index (χ3n) is 2.78. The van der Waals surface area contributed by atoms with Gasteiger partial charge in [0.2, 0.25) is 0 Å². The van der Waals surface area contributed by atoms with Gasteiger partial charge in [0, 0.05) is 0 Å². The standard InChI is InChI=1S/C9H14O2/c10-9-7-3-1-2-4-8(11-9)6-5-7/h7-8H,1-6H2/t7-,8+/m1/s1. The molecule has 62 valence electrons. The first kappa shape index (κ1) is 7.14. The molecule has 0 N–H and O–H groups in total. The molecule has 0 aromatic rings. The molecule has 2 saturated heterocycles. The number of ether oxygens (including phenoxy) is 1. The Labute approximate surface area is 66.9 Å². The van der Waals surface area contributed by atoms with E-state index in [0.717, 1.165) is 25.7 Å². The summed E-state index contributed by atoms with van der Waals surface area (Å²) in [5, 5.41) is 0. The predicted molar refractivity (Wildman–Crippen MR) is 41.1 cm³/mol. The smallest absolute Gasteiger partial charge is 0.309 e. The van der Waals surface area contributed by atoms with E-state index in [0.29, 0.717) is 0 Å². The number of hydrogen-bond acceptors (Lipinski definition) is 2. The van der Waals surface area contributed by atoms with Crippen molar-refractivity contribution in [1.29, 1.82) is 0 Å². The minimum atomic E-state index is 0.0703. The molecule has 0 aromatic carbocycles. The number of carbonyl (C=O) groups is 1. The molecule has 0 unspecified atom stereocenters. The van der Waals surface area contributed by atoms with Gasteiger partial charge in [0.15, 0.2) is 0 Å². The number of rotatable bonds is 0. The van der Waals surface area contributed by atoms with Gasteiger partial charge in [-0.25, -0.2) is 0 Å². The Bertz CT molecular complexity index is 161. The molecule has 0 spiro atoms. The molecule has 2 atom stereocenters. The summed E-state index contributed by atoms with van der Waals surface area (Å²) >= 11 is 0. The van der Waals surface area contributed by atoms with Gasteiger partial charge in [0.25, 0.3) is 0 Å². The Morgan fingerprint density at radius 2 is 1.91 bits per heavy atom. The summed E-state index contributed by atoms with van der Waals surface area (Å²) in [5.74, 6) is 0.313. The molecule has 0 aromatic heterocycles. The molecule has 2 aliphatic heterocycles. The van der Waals surface area contributed by atoms with Gasteiger partial charge in [-0.1, -0.05) is 6.42 Å². The van der Waals surface area contributed by atoms with E-state index in [-0.39, 0.29) is 18.0 Å². The quantitative estimate of drug-likeness (QED) is 0.498. The van der Waals surface area contributed by atoms with Gasteiger partial charge in [0.05, 0.1) is 5.92 Å². The molecule has 2 heterocycles. The summed E-state index contributed by atoms with van der Waals surface area (Å²) < 4.78 is 5.25. The zero-order valence-electron chi connectivity index (χ0n) is 6.71. The second-order valence-corrected chi connectivity index (χ2v) is 3.62. The lowest BCUT2D eigenvalue weighted by Gasteiger charge is -2.30. The van der Waals surface area contributed by atoms with E-state index in [4.69, 9.17) is 4.74 Å². The summed E-state index contributed by atoms with van der Waals surface area (Å²) in [6.07, 6.45) is 7.06. The minimum Gasteiger partial charge on any atom is -0.462 e. The van der Waals surface area contributed by atoms with Crippen LogP contribution >= 0.6 is 0 Å². The normalized spacial score (nSPS) is 37.6. The van der Waals surface area contributed by atoms with Gasteiger partial charge in [0.1, 0.15) is 6.10 Å². The Kier molecular flexibility index (Phi) is 1.84. The van der Waals surface area contributed by atoms with Crippen LogP contribution in [0, 0.1) is 5.92 Å². The van der Waals surface area contributed by atoms with Crippen LogP contribution in [0.25, 0.3) is 0 Å². The lowest BCUT2D eigenvalue weighted by Crippen LogP contribution is -2.32. The van der Waals surface area contributed by atoms with Gasteiger partial charge in [-0.05, 0) is 32.1 Å². The lowest BCUT2D eigenvalue weighted by molar-refractivity contribution is -0.162. The van der Waals surface area contributed by atoms with Gasteiger partial charge in [-0.2, -0.15) is 0 Å². The van der Waals surface area contributed by atoms with Crippen LogP contribution in [0.5, 0.6) is 0 Å². The zero-order valence-corrected chi connectivity index (χ0v) is 6.71. The Balaban J connectivity index is 2.07. The van der Waals surface area contributed by atoms with Crippen LogP contribution in [0.4, 0.5) is 0 Å². The van der Waals surface area contributed by atoms with Gasteiger partial charge in [-0.3, -0.25) is 4.79 Å². The summed E-state index contributed by atoms with van der Waals surface area (Å²) in [4.78, 5) is 11.2. The van der Waals surface area contributed by atoms with E-state index in [9.17, 15) is 4.79 Å². The fourth-order valence-electron chi connectivity index (χ4n) is 2.05.